The Hall–Kier alpha value is -1.16. The van der Waals surface area contributed by atoms with E-state index in [0.717, 1.165) is 44.6 Å². The summed E-state index contributed by atoms with van der Waals surface area (Å²) in [4.78, 5) is 11.7. The SMILES string of the molecule is O=c1cc2c(nn1CC1CNC1)CCC2. The average molecular weight is 205 g/mol. The number of hydrogen-bond donors (Lipinski definition) is 1. The molecule has 2 heterocycles. The van der Waals surface area contributed by atoms with Crippen molar-refractivity contribution in [3.63, 3.8) is 0 Å². The maximum Gasteiger partial charge on any atom is 0.267 e. The summed E-state index contributed by atoms with van der Waals surface area (Å²) in [6.45, 7) is 2.82. The Morgan fingerprint density at radius 1 is 1.47 bits per heavy atom. The van der Waals surface area contributed by atoms with Crippen molar-refractivity contribution >= 4 is 0 Å². The summed E-state index contributed by atoms with van der Waals surface area (Å²) in [6.07, 6.45) is 3.22. The molecule has 1 aliphatic carbocycles. The summed E-state index contributed by atoms with van der Waals surface area (Å²) in [6, 6.07) is 1.78. The Bertz CT molecular complexity index is 434. The Balaban J connectivity index is 1.90. The first kappa shape index (κ1) is 9.09. The molecule has 0 spiro atoms. The third-order valence-electron chi connectivity index (χ3n) is 3.32. The van der Waals surface area contributed by atoms with E-state index in [4.69, 9.17) is 0 Å². The summed E-state index contributed by atoms with van der Waals surface area (Å²) >= 11 is 0. The van der Waals surface area contributed by atoms with Gasteiger partial charge in [-0.1, -0.05) is 0 Å². The van der Waals surface area contributed by atoms with Crippen LogP contribution in [0.1, 0.15) is 17.7 Å². The van der Waals surface area contributed by atoms with Crippen LogP contribution in [-0.4, -0.2) is 22.9 Å². The van der Waals surface area contributed by atoms with E-state index < -0.39 is 0 Å². The van der Waals surface area contributed by atoms with Crippen LogP contribution in [-0.2, 0) is 19.4 Å². The van der Waals surface area contributed by atoms with Crippen molar-refractivity contribution in [2.24, 2.45) is 5.92 Å². The van der Waals surface area contributed by atoms with Gasteiger partial charge < -0.3 is 5.32 Å². The van der Waals surface area contributed by atoms with Crippen molar-refractivity contribution in [1.29, 1.82) is 0 Å². The van der Waals surface area contributed by atoms with Crippen LogP contribution < -0.4 is 10.9 Å². The molecule has 0 unspecified atom stereocenters. The van der Waals surface area contributed by atoms with Crippen molar-refractivity contribution in [1.82, 2.24) is 15.1 Å². The van der Waals surface area contributed by atoms with Gasteiger partial charge in [0.15, 0.2) is 0 Å². The van der Waals surface area contributed by atoms with Crippen LogP contribution in [0.2, 0.25) is 0 Å². The zero-order valence-corrected chi connectivity index (χ0v) is 8.70. The van der Waals surface area contributed by atoms with Crippen LogP contribution in [0, 0.1) is 5.92 Å². The van der Waals surface area contributed by atoms with E-state index in [1.807, 2.05) is 0 Å². The fraction of sp³-hybridized carbons (Fsp3) is 0.636. The lowest BCUT2D eigenvalue weighted by Gasteiger charge is -2.27. The van der Waals surface area contributed by atoms with Gasteiger partial charge in [0.2, 0.25) is 0 Å². The highest BCUT2D eigenvalue weighted by molar-refractivity contribution is 5.22. The van der Waals surface area contributed by atoms with E-state index >= 15 is 0 Å². The highest BCUT2D eigenvalue weighted by atomic mass is 16.1. The van der Waals surface area contributed by atoms with Crippen molar-refractivity contribution in [2.75, 3.05) is 13.1 Å². The summed E-state index contributed by atoms with van der Waals surface area (Å²) in [5.41, 5.74) is 2.38. The molecule has 2 aliphatic rings. The maximum absolute atomic E-state index is 11.7. The van der Waals surface area contributed by atoms with E-state index in [1.54, 1.807) is 10.7 Å². The van der Waals surface area contributed by atoms with Crippen LogP contribution in [0.25, 0.3) is 0 Å². The smallest absolute Gasteiger partial charge is 0.267 e. The van der Waals surface area contributed by atoms with Gasteiger partial charge in [-0.05, 0) is 24.8 Å². The highest BCUT2D eigenvalue weighted by Gasteiger charge is 2.20. The second kappa shape index (κ2) is 3.45. The molecule has 15 heavy (non-hydrogen) atoms. The number of nitrogens with one attached hydrogen (secondary N) is 1. The number of fused-ring (bicyclic) bond motifs is 1. The van der Waals surface area contributed by atoms with Crippen LogP contribution in [0.5, 0.6) is 0 Å². The first-order chi connectivity index (χ1) is 7.33. The highest BCUT2D eigenvalue weighted by Crippen LogP contribution is 2.17. The van der Waals surface area contributed by atoms with Crippen LogP contribution in [0.4, 0.5) is 0 Å². The predicted octanol–water partition coefficient (Wildman–Crippen LogP) is -0.0486. The molecule has 1 N–H and O–H groups in total. The molecule has 1 fully saturated rings. The van der Waals surface area contributed by atoms with Gasteiger partial charge in [-0.15, -0.1) is 0 Å². The zero-order valence-electron chi connectivity index (χ0n) is 8.70. The van der Waals surface area contributed by atoms with Crippen molar-refractivity contribution in [3.05, 3.63) is 27.7 Å². The molecule has 0 bridgehead atoms. The quantitative estimate of drug-likeness (QED) is 0.736. The summed E-state index contributed by atoms with van der Waals surface area (Å²) in [5, 5.41) is 7.66. The van der Waals surface area contributed by atoms with Crippen molar-refractivity contribution in [2.45, 2.75) is 25.8 Å². The standard InChI is InChI=1S/C11H15N3O/c15-11-4-9-2-1-3-10(9)13-14(11)7-8-5-12-6-8/h4,8,12H,1-3,5-7H2. The van der Waals surface area contributed by atoms with Gasteiger partial charge in [-0.3, -0.25) is 4.79 Å². The topological polar surface area (TPSA) is 46.9 Å². The lowest BCUT2D eigenvalue weighted by Crippen LogP contribution is -2.46. The zero-order chi connectivity index (χ0) is 10.3. The van der Waals surface area contributed by atoms with Gasteiger partial charge in [-0.2, -0.15) is 5.10 Å². The van der Waals surface area contributed by atoms with Gasteiger partial charge in [0.25, 0.3) is 5.56 Å². The maximum atomic E-state index is 11.7. The van der Waals surface area contributed by atoms with E-state index in [0.29, 0.717) is 5.92 Å². The molecule has 0 atom stereocenters. The van der Waals surface area contributed by atoms with Crippen LogP contribution >= 0.6 is 0 Å². The Morgan fingerprint density at radius 3 is 3.07 bits per heavy atom. The molecule has 0 radical (unpaired) electrons. The summed E-state index contributed by atoms with van der Waals surface area (Å²) in [5.74, 6) is 0.592. The second-order valence-electron chi connectivity index (χ2n) is 4.51. The minimum absolute atomic E-state index is 0.0718. The minimum Gasteiger partial charge on any atom is -0.316 e. The molecule has 3 rings (SSSR count). The minimum atomic E-state index is 0.0718. The number of aryl methyl sites for hydroxylation is 2. The normalized spacial score (nSPS) is 20.0. The molecule has 80 valence electrons. The van der Waals surface area contributed by atoms with Gasteiger partial charge in [0.05, 0.1) is 12.2 Å². The van der Waals surface area contributed by atoms with E-state index in [9.17, 15) is 4.79 Å². The van der Waals surface area contributed by atoms with E-state index in [1.165, 1.54) is 5.56 Å². The van der Waals surface area contributed by atoms with Crippen LogP contribution in [0.3, 0.4) is 0 Å². The first-order valence-corrected chi connectivity index (χ1v) is 5.63. The lowest BCUT2D eigenvalue weighted by atomic mass is 10.0. The Labute approximate surface area is 88.3 Å². The third-order valence-corrected chi connectivity index (χ3v) is 3.32. The molecule has 1 aromatic heterocycles. The molecular weight excluding hydrogens is 190 g/mol. The van der Waals surface area contributed by atoms with E-state index in [-0.39, 0.29) is 5.56 Å². The molecule has 1 aliphatic heterocycles. The van der Waals surface area contributed by atoms with Crippen molar-refractivity contribution < 1.29 is 0 Å². The second-order valence-corrected chi connectivity index (χ2v) is 4.51. The van der Waals surface area contributed by atoms with Gasteiger partial charge in [0, 0.05) is 25.1 Å². The Morgan fingerprint density at radius 2 is 2.33 bits per heavy atom. The number of rotatable bonds is 2. The summed E-state index contributed by atoms with van der Waals surface area (Å²) in [7, 11) is 0. The van der Waals surface area contributed by atoms with E-state index in [2.05, 4.69) is 10.4 Å². The van der Waals surface area contributed by atoms with Crippen LogP contribution in [0.15, 0.2) is 10.9 Å². The molecule has 0 saturated carbocycles. The largest absolute Gasteiger partial charge is 0.316 e. The molecule has 4 nitrogen and oxygen atoms in total. The Kier molecular flexibility index (Phi) is 2.09. The first-order valence-electron chi connectivity index (χ1n) is 5.63. The fourth-order valence-corrected chi connectivity index (χ4v) is 2.29. The monoisotopic (exact) mass is 205 g/mol. The van der Waals surface area contributed by atoms with Gasteiger partial charge >= 0.3 is 0 Å². The summed E-state index contributed by atoms with van der Waals surface area (Å²) < 4.78 is 1.65. The molecule has 4 heteroatoms. The molecule has 0 aromatic carbocycles. The lowest BCUT2D eigenvalue weighted by molar-refractivity contribution is 0.289. The molecule has 0 amide bonds. The number of hydrogen-bond acceptors (Lipinski definition) is 3. The number of nitrogens with zero attached hydrogens (tertiary/aromatic N) is 2. The van der Waals surface area contributed by atoms with Gasteiger partial charge in [0.1, 0.15) is 0 Å². The molecular formula is C11H15N3O. The number of aromatic nitrogens is 2. The molecule has 1 saturated heterocycles. The van der Waals surface area contributed by atoms with Gasteiger partial charge in [-0.25, -0.2) is 4.68 Å². The van der Waals surface area contributed by atoms with Crippen molar-refractivity contribution in [3.8, 4) is 0 Å². The predicted molar refractivity (Wildman–Crippen MR) is 56.9 cm³/mol. The third kappa shape index (κ3) is 1.59. The average Bonchev–Trinajstić information content (AvgIpc) is 2.58. The molecule has 1 aromatic rings. The fourth-order valence-electron chi connectivity index (χ4n) is 2.29.